The number of hydrogen-bond acceptors (Lipinski definition) is 3. The zero-order valence-electron chi connectivity index (χ0n) is 11.7. The van der Waals surface area contributed by atoms with Crippen LogP contribution in [-0.4, -0.2) is 65.5 Å². The maximum Gasteiger partial charge on any atom is 0.326 e. The van der Waals surface area contributed by atoms with E-state index in [0.29, 0.717) is 26.1 Å². The molecule has 2 fully saturated rings. The molecule has 3 amide bonds. The van der Waals surface area contributed by atoms with Crippen molar-refractivity contribution in [2.75, 3.05) is 26.7 Å². The summed E-state index contributed by atoms with van der Waals surface area (Å²) in [5.41, 5.74) is 0. The quantitative estimate of drug-likeness (QED) is 0.753. The molecule has 0 aliphatic carbocycles. The fourth-order valence-electron chi connectivity index (χ4n) is 3.00. The summed E-state index contributed by atoms with van der Waals surface area (Å²) in [6.07, 6.45) is 2.77. The molecule has 2 atom stereocenters. The predicted octanol–water partition coefficient (Wildman–Crippen LogP) is 0.113. The first-order valence-corrected chi connectivity index (χ1v) is 7.04. The van der Waals surface area contributed by atoms with Crippen LogP contribution in [0.3, 0.4) is 0 Å². The zero-order chi connectivity index (χ0) is 14.7. The fraction of sp³-hybridized carbons (Fsp3) is 0.769. The Bertz CT molecular complexity index is 412. The topological polar surface area (TPSA) is 90.0 Å². The average Bonchev–Trinajstić information content (AvgIpc) is 2.95. The van der Waals surface area contributed by atoms with Crippen LogP contribution in [0.5, 0.6) is 0 Å². The van der Waals surface area contributed by atoms with E-state index < -0.39 is 12.0 Å². The molecule has 0 radical (unpaired) electrons. The lowest BCUT2D eigenvalue weighted by molar-refractivity contribution is -0.141. The highest BCUT2D eigenvalue weighted by molar-refractivity contribution is 5.84. The Morgan fingerprint density at radius 1 is 1.15 bits per heavy atom. The Labute approximate surface area is 117 Å². The molecule has 112 valence electrons. The number of likely N-dealkylation sites (tertiary alicyclic amines) is 2. The van der Waals surface area contributed by atoms with Crippen molar-refractivity contribution in [1.29, 1.82) is 0 Å². The molecule has 2 heterocycles. The van der Waals surface area contributed by atoms with Crippen molar-refractivity contribution < 1.29 is 19.5 Å². The summed E-state index contributed by atoms with van der Waals surface area (Å²) in [5.74, 6) is -1.20. The summed E-state index contributed by atoms with van der Waals surface area (Å²) >= 11 is 0. The fourth-order valence-corrected chi connectivity index (χ4v) is 3.00. The third-order valence-corrected chi connectivity index (χ3v) is 4.09. The molecule has 0 saturated carbocycles. The van der Waals surface area contributed by atoms with Gasteiger partial charge in [-0.2, -0.15) is 0 Å². The predicted molar refractivity (Wildman–Crippen MR) is 71.1 cm³/mol. The van der Waals surface area contributed by atoms with Crippen LogP contribution in [0.2, 0.25) is 0 Å². The molecule has 2 rings (SSSR count). The van der Waals surface area contributed by atoms with E-state index in [-0.39, 0.29) is 17.9 Å². The van der Waals surface area contributed by atoms with Crippen LogP contribution >= 0.6 is 0 Å². The lowest BCUT2D eigenvalue weighted by Gasteiger charge is -2.35. The molecule has 0 spiro atoms. The van der Waals surface area contributed by atoms with Crippen LogP contribution < -0.4 is 5.32 Å². The normalized spacial score (nSPS) is 26.4. The number of hydrogen-bond donors (Lipinski definition) is 2. The van der Waals surface area contributed by atoms with Crippen molar-refractivity contribution in [2.24, 2.45) is 5.92 Å². The highest BCUT2D eigenvalue weighted by Crippen LogP contribution is 2.23. The van der Waals surface area contributed by atoms with E-state index in [1.807, 2.05) is 0 Å². The van der Waals surface area contributed by atoms with Gasteiger partial charge in [-0.25, -0.2) is 9.59 Å². The standard InChI is InChI=1S/C13H21N3O4/c1-14-11(17)9-4-2-6-15(8-9)13(20)16-7-3-5-10(16)12(18)19/h9-10H,2-8H2,1H3,(H,14,17)(H,18,19)/t9?,10-/m1/s1. The minimum Gasteiger partial charge on any atom is -0.480 e. The third kappa shape index (κ3) is 2.86. The van der Waals surface area contributed by atoms with Crippen molar-refractivity contribution in [3.05, 3.63) is 0 Å². The minimum atomic E-state index is -0.948. The number of amides is 3. The summed E-state index contributed by atoms with van der Waals surface area (Å²) in [7, 11) is 1.59. The lowest BCUT2D eigenvalue weighted by atomic mass is 9.97. The minimum absolute atomic E-state index is 0.0568. The van der Waals surface area contributed by atoms with Crippen molar-refractivity contribution in [1.82, 2.24) is 15.1 Å². The van der Waals surface area contributed by atoms with Crippen LogP contribution in [0.4, 0.5) is 4.79 Å². The van der Waals surface area contributed by atoms with E-state index in [0.717, 1.165) is 19.3 Å². The van der Waals surface area contributed by atoms with Gasteiger partial charge in [0.2, 0.25) is 5.91 Å². The Kier molecular flexibility index (Phi) is 4.46. The molecule has 0 aromatic carbocycles. The van der Waals surface area contributed by atoms with Gasteiger partial charge in [-0.1, -0.05) is 0 Å². The van der Waals surface area contributed by atoms with Gasteiger partial charge in [0.25, 0.3) is 0 Å². The number of rotatable bonds is 2. The highest BCUT2D eigenvalue weighted by Gasteiger charge is 2.38. The van der Waals surface area contributed by atoms with Gasteiger partial charge in [-0.05, 0) is 25.7 Å². The number of aliphatic carboxylic acids is 1. The molecule has 0 bridgehead atoms. The molecule has 2 saturated heterocycles. The summed E-state index contributed by atoms with van der Waals surface area (Å²) < 4.78 is 0. The average molecular weight is 283 g/mol. The molecule has 0 aromatic heterocycles. The molecule has 2 N–H and O–H groups in total. The first-order valence-electron chi connectivity index (χ1n) is 7.04. The largest absolute Gasteiger partial charge is 0.480 e. The van der Waals surface area contributed by atoms with Gasteiger partial charge >= 0.3 is 12.0 Å². The molecule has 20 heavy (non-hydrogen) atoms. The summed E-state index contributed by atoms with van der Waals surface area (Å²) in [6, 6.07) is -0.966. The molecular weight excluding hydrogens is 262 g/mol. The summed E-state index contributed by atoms with van der Waals surface area (Å²) in [4.78, 5) is 38.3. The Morgan fingerprint density at radius 3 is 2.50 bits per heavy atom. The van der Waals surface area contributed by atoms with Crippen LogP contribution in [0.15, 0.2) is 0 Å². The molecule has 1 unspecified atom stereocenters. The molecule has 0 aromatic rings. The maximum atomic E-state index is 12.4. The van der Waals surface area contributed by atoms with Gasteiger partial charge in [-0.3, -0.25) is 4.79 Å². The zero-order valence-corrected chi connectivity index (χ0v) is 11.7. The summed E-state index contributed by atoms with van der Waals surface area (Å²) in [5, 5.41) is 11.7. The first kappa shape index (κ1) is 14.6. The third-order valence-electron chi connectivity index (χ3n) is 4.09. The van der Waals surface area contributed by atoms with Crippen LogP contribution in [-0.2, 0) is 9.59 Å². The van der Waals surface area contributed by atoms with Gasteiger partial charge in [0, 0.05) is 26.7 Å². The van der Waals surface area contributed by atoms with Gasteiger partial charge in [0.15, 0.2) is 0 Å². The van der Waals surface area contributed by atoms with Crippen LogP contribution in [0, 0.1) is 5.92 Å². The van der Waals surface area contributed by atoms with Gasteiger partial charge in [0.05, 0.1) is 5.92 Å². The Balaban J connectivity index is 2.01. The van der Waals surface area contributed by atoms with Crippen molar-refractivity contribution in [2.45, 2.75) is 31.7 Å². The highest BCUT2D eigenvalue weighted by atomic mass is 16.4. The smallest absolute Gasteiger partial charge is 0.326 e. The number of carbonyl (C=O) groups excluding carboxylic acids is 2. The van der Waals surface area contributed by atoms with E-state index in [1.54, 1.807) is 11.9 Å². The van der Waals surface area contributed by atoms with E-state index in [2.05, 4.69) is 5.32 Å². The van der Waals surface area contributed by atoms with Crippen LogP contribution in [0.25, 0.3) is 0 Å². The molecule has 2 aliphatic heterocycles. The number of nitrogens with one attached hydrogen (secondary N) is 1. The summed E-state index contributed by atoms with van der Waals surface area (Å²) in [6.45, 7) is 1.45. The van der Waals surface area contributed by atoms with Gasteiger partial charge in [-0.15, -0.1) is 0 Å². The van der Waals surface area contributed by atoms with Crippen molar-refractivity contribution in [3.63, 3.8) is 0 Å². The Morgan fingerprint density at radius 2 is 1.85 bits per heavy atom. The van der Waals surface area contributed by atoms with Crippen molar-refractivity contribution >= 4 is 17.9 Å². The molecular formula is C13H21N3O4. The maximum absolute atomic E-state index is 12.4. The lowest BCUT2D eigenvalue weighted by Crippen LogP contribution is -2.52. The van der Waals surface area contributed by atoms with E-state index in [1.165, 1.54) is 4.90 Å². The second kappa shape index (κ2) is 6.11. The van der Waals surface area contributed by atoms with Gasteiger partial charge in [0.1, 0.15) is 6.04 Å². The number of urea groups is 1. The second-order valence-electron chi connectivity index (χ2n) is 5.37. The molecule has 2 aliphatic rings. The first-order chi connectivity index (χ1) is 9.54. The monoisotopic (exact) mass is 283 g/mol. The number of carboxylic acid groups (broad SMARTS) is 1. The number of carbonyl (C=O) groups is 3. The van der Waals surface area contributed by atoms with E-state index in [4.69, 9.17) is 5.11 Å². The molecule has 7 nitrogen and oxygen atoms in total. The van der Waals surface area contributed by atoms with Gasteiger partial charge < -0.3 is 20.2 Å². The van der Waals surface area contributed by atoms with E-state index >= 15 is 0 Å². The van der Waals surface area contributed by atoms with Crippen molar-refractivity contribution in [3.8, 4) is 0 Å². The van der Waals surface area contributed by atoms with E-state index in [9.17, 15) is 14.4 Å². The number of nitrogens with zero attached hydrogens (tertiary/aromatic N) is 2. The SMILES string of the molecule is CNC(=O)C1CCCN(C(=O)N2CCC[C@@H]2C(=O)O)C1. The Hall–Kier alpha value is -1.79. The molecule has 7 heteroatoms. The van der Waals surface area contributed by atoms with Crippen LogP contribution in [0.1, 0.15) is 25.7 Å². The number of carboxylic acids is 1. The second-order valence-corrected chi connectivity index (χ2v) is 5.37. The number of piperidine rings is 1.